The number of hydrogen-bond donors (Lipinski definition) is 2. The van der Waals surface area contributed by atoms with E-state index < -0.39 is 24.0 Å². The molecule has 8 heteroatoms. The van der Waals surface area contributed by atoms with Crippen LogP contribution in [-0.4, -0.2) is 34.7 Å². The van der Waals surface area contributed by atoms with Crippen molar-refractivity contribution < 1.29 is 19.1 Å². The predicted octanol–water partition coefficient (Wildman–Crippen LogP) is 1.79. The maximum absolute atomic E-state index is 12.3. The third-order valence-corrected chi connectivity index (χ3v) is 3.99. The smallest absolute Gasteiger partial charge is 0.331 e. The average molecular weight is 370 g/mol. The highest BCUT2D eigenvalue weighted by molar-refractivity contribution is 5.98. The van der Waals surface area contributed by atoms with E-state index in [9.17, 15) is 14.4 Å². The largest absolute Gasteiger partial charge is 0.444 e. The number of carbonyl (C=O) groups excluding carboxylic acids is 3. The Bertz CT molecular complexity index is 871. The number of aromatic nitrogens is 2. The molecule has 3 amide bonds. The minimum atomic E-state index is -1.25. The van der Waals surface area contributed by atoms with Crippen LogP contribution in [0.5, 0.6) is 0 Å². The number of nitrogens with one attached hydrogen (secondary N) is 2. The fraction of sp³-hybridized carbons (Fsp3) is 0.263. The van der Waals surface area contributed by atoms with Crippen LogP contribution in [0.25, 0.3) is 6.08 Å². The second kappa shape index (κ2) is 8.79. The molecule has 0 saturated heterocycles. The molecule has 1 aromatic heterocycles. The highest BCUT2D eigenvalue weighted by Crippen LogP contribution is 2.19. The second-order valence-electron chi connectivity index (χ2n) is 5.84. The van der Waals surface area contributed by atoms with Crippen LogP contribution in [-0.2, 0) is 21.4 Å². The number of ether oxygens (including phenoxy) is 1. The molecule has 1 atom stereocenters. The Hall–Kier alpha value is -3.42. The van der Waals surface area contributed by atoms with Gasteiger partial charge < -0.3 is 10.1 Å². The molecular formula is C19H22N4O4. The summed E-state index contributed by atoms with van der Waals surface area (Å²) in [6.07, 6.45) is 1.58. The van der Waals surface area contributed by atoms with Gasteiger partial charge in [-0.3, -0.25) is 14.8 Å². The Labute approximate surface area is 157 Å². The van der Waals surface area contributed by atoms with Crippen molar-refractivity contribution in [2.75, 3.05) is 7.05 Å². The van der Waals surface area contributed by atoms with Gasteiger partial charge in [-0.25, -0.2) is 9.59 Å². The fourth-order valence-corrected chi connectivity index (χ4v) is 2.48. The van der Waals surface area contributed by atoms with Crippen molar-refractivity contribution in [1.29, 1.82) is 0 Å². The van der Waals surface area contributed by atoms with E-state index in [4.69, 9.17) is 4.74 Å². The average Bonchev–Trinajstić information content (AvgIpc) is 2.90. The highest BCUT2D eigenvalue weighted by atomic mass is 16.5. The number of amides is 3. The van der Waals surface area contributed by atoms with E-state index in [0.29, 0.717) is 5.56 Å². The maximum Gasteiger partial charge on any atom is 0.331 e. The van der Waals surface area contributed by atoms with E-state index in [1.54, 1.807) is 41.1 Å². The molecule has 0 bridgehead atoms. The minimum absolute atomic E-state index is 0.453. The van der Waals surface area contributed by atoms with E-state index in [2.05, 4.69) is 15.7 Å². The molecular weight excluding hydrogens is 348 g/mol. The number of esters is 1. The summed E-state index contributed by atoms with van der Waals surface area (Å²) in [5.41, 5.74) is 2.93. The Morgan fingerprint density at radius 2 is 1.85 bits per heavy atom. The number of hydrogen-bond acceptors (Lipinski definition) is 5. The lowest BCUT2D eigenvalue weighted by molar-refractivity contribution is -0.151. The first-order chi connectivity index (χ1) is 12.8. The molecule has 2 rings (SSSR count). The molecule has 0 radical (unpaired) electrons. The SMILES string of the molecule is CNC(=O)NC(=O)[C@@H](OC(=O)/C=C\c1c(C)nn(C)c1C)c1ccccc1. The summed E-state index contributed by atoms with van der Waals surface area (Å²) in [7, 11) is 3.19. The molecule has 0 fully saturated rings. The summed E-state index contributed by atoms with van der Waals surface area (Å²) in [6.45, 7) is 3.72. The fourth-order valence-electron chi connectivity index (χ4n) is 2.48. The van der Waals surface area contributed by atoms with Gasteiger partial charge in [0.15, 0.2) is 0 Å². The van der Waals surface area contributed by atoms with Crippen molar-refractivity contribution in [1.82, 2.24) is 20.4 Å². The highest BCUT2D eigenvalue weighted by Gasteiger charge is 2.25. The standard InChI is InChI=1S/C19H22N4O4/c1-12-15(13(2)23(4)22-12)10-11-16(24)27-17(14-8-6-5-7-9-14)18(25)21-19(26)20-3/h5-11,17H,1-4H3,(H2,20,21,25,26)/b11-10-/t17-/m0/s1. The van der Waals surface area contributed by atoms with Crippen molar-refractivity contribution in [2.45, 2.75) is 20.0 Å². The number of rotatable bonds is 5. The van der Waals surface area contributed by atoms with Crippen molar-refractivity contribution in [3.05, 3.63) is 58.9 Å². The van der Waals surface area contributed by atoms with Crippen molar-refractivity contribution in [3.8, 4) is 0 Å². The zero-order valence-corrected chi connectivity index (χ0v) is 15.6. The summed E-state index contributed by atoms with van der Waals surface area (Å²) in [4.78, 5) is 36.0. The van der Waals surface area contributed by atoms with Crippen LogP contribution in [0.1, 0.15) is 28.6 Å². The third-order valence-electron chi connectivity index (χ3n) is 3.99. The van der Waals surface area contributed by atoms with Gasteiger partial charge in [0.25, 0.3) is 5.91 Å². The molecule has 0 aliphatic carbocycles. The van der Waals surface area contributed by atoms with Crippen LogP contribution in [0, 0.1) is 13.8 Å². The Kier molecular flexibility index (Phi) is 6.48. The first-order valence-electron chi connectivity index (χ1n) is 8.30. The van der Waals surface area contributed by atoms with E-state index in [1.165, 1.54) is 13.1 Å². The number of imide groups is 1. The molecule has 1 aromatic carbocycles. The Balaban J connectivity index is 2.19. The Morgan fingerprint density at radius 1 is 1.19 bits per heavy atom. The minimum Gasteiger partial charge on any atom is -0.444 e. The number of urea groups is 1. The van der Waals surface area contributed by atoms with Gasteiger partial charge in [0.05, 0.1) is 5.69 Å². The number of aryl methyl sites for hydroxylation is 2. The zero-order chi connectivity index (χ0) is 20.0. The van der Waals surface area contributed by atoms with Crippen LogP contribution in [0.4, 0.5) is 4.79 Å². The number of carbonyl (C=O) groups is 3. The maximum atomic E-state index is 12.3. The number of nitrogens with zero attached hydrogens (tertiary/aromatic N) is 2. The zero-order valence-electron chi connectivity index (χ0n) is 15.6. The molecule has 0 aliphatic heterocycles. The molecule has 2 N–H and O–H groups in total. The predicted molar refractivity (Wildman–Crippen MR) is 99.6 cm³/mol. The van der Waals surface area contributed by atoms with Crippen molar-refractivity contribution in [3.63, 3.8) is 0 Å². The van der Waals surface area contributed by atoms with E-state index >= 15 is 0 Å². The van der Waals surface area contributed by atoms with Crippen LogP contribution in [0.15, 0.2) is 36.4 Å². The van der Waals surface area contributed by atoms with Crippen LogP contribution in [0.3, 0.4) is 0 Å². The lowest BCUT2D eigenvalue weighted by Gasteiger charge is -2.16. The molecule has 2 aromatic rings. The summed E-state index contributed by atoms with van der Waals surface area (Å²) < 4.78 is 7.02. The van der Waals surface area contributed by atoms with Gasteiger partial charge in [-0.05, 0) is 19.9 Å². The van der Waals surface area contributed by atoms with Gasteiger partial charge in [0, 0.05) is 37.0 Å². The molecule has 0 saturated carbocycles. The topological polar surface area (TPSA) is 102 Å². The lowest BCUT2D eigenvalue weighted by Crippen LogP contribution is -2.41. The van der Waals surface area contributed by atoms with Gasteiger partial charge in [-0.15, -0.1) is 0 Å². The van der Waals surface area contributed by atoms with E-state index in [1.807, 2.05) is 20.9 Å². The van der Waals surface area contributed by atoms with Crippen molar-refractivity contribution in [2.24, 2.45) is 7.05 Å². The van der Waals surface area contributed by atoms with Gasteiger partial charge >= 0.3 is 12.0 Å². The van der Waals surface area contributed by atoms with E-state index in [-0.39, 0.29) is 0 Å². The monoisotopic (exact) mass is 370 g/mol. The normalized spacial score (nSPS) is 11.9. The molecule has 0 unspecified atom stereocenters. The molecule has 0 aliphatic rings. The summed E-state index contributed by atoms with van der Waals surface area (Å²) in [5.74, 6) is -1.45. The van der Waals surface area contributed by atoms with Crippen LogP contribution in [0.2, 0.25) is 0 Å². The third kappa shape index (κ3) is 5.04. The van der Waals surface area contributed by atoms with Gasteiger partial charge in [0.2, 0.25) is 6.10 Å². The van der Waals surface area contributed by atoms with Gasteiger partial charge in [-0.1, -0.05) is 30.3 Å². The summed E-state index contributed by atoms with van der Waals surface area (Å²) in [5, 5.41) is 8.68. The molecule has 1 heterocycles. The van der Waals surface area contributed by atoms with Crippen molar-refractivity contribution >= 4 is 24.0 Å². The lowest BCUT2D eigenvalue weighted by atomic mass is 10.1. The molecule has 142 valence electrons. The van der Waals surface area contributed by atoms with E-state index in [0.717, 1.165) is 17.0 Å². The summed E-state index contributed by atoms with van der Waals surface area (Å²) >= 11 is 0. The van der Waals surface area contributed by atoms with Gasteiger partial charge in [-0.2, -0.15) is 5.10 Å². The molecule has 27 heavy (non-hydrogen) atoms. The first kappa shape index (κ1) is 19.9. The van der Waals surface area contributed by atoms with Crippen LogP contribution >= 0.6 is 0 Å². The van der Waals surface area contributed by atoms with Crippen LogP contribution < -0.4 is 10.6 Å². The number of benzene rings is 1. The quantitative estimate of drug-likeness (QED) is 0.617. The first-order valence-corrected chi connectivity index (χ1v) is 8.30. The van der Waals surface area contributed by atoms with Gasteiger partial charge in [0.1, 0.15) is 0 Å². The molecule has 0 spiro atoms. The Morgan fingerprint density at radius 3 is 2.41 bits per heavy atom. The summed E-state index contributed by atoms with van der Waals surface area (Å²) in [6, 6.07) is 7.78. The molecule has 8 nitrogen and oxygen atoms in total. The second-order valence-corrected chi connectivity index (χ2v) is 5.84.